The highest BCUT2D eigenvalue weighted by atomic mass is 15.2. The van der Waals surface area contributed by atoms with Gasteiger partial charge in [0.15, 0.2) is 0 Å². The van der Waals surface area contributed by atoms with Crippen molar-refractivity contribution in [2.24, 2.45) is 0 Å². The fraction of sp³-hybridized carbons (Fsp3) is 0.114. The number of fused-ring (bicyclic) bond motifs is 12. The third-order valence-corrected chi connectivity index (χ3v) is 17.0. The van der Waals surface area contributed by atoms with Crippen molar-refractivity contribution in [1.29, 1.82) is 0 Å². The van der Waals surface area contributed by atoms with Gasteiger partial charge in [-0.2, -0.15) is 0 Å². The van der Waals surface area contributed by atoms with Gasteiger partial charge in [0, 0.05) is 57.8 Å². The summed E-state index contributed by atoms with van der Waals surface area (Å²) >= 11 is 0. The minimum absolute atomic E-state index is 0.237. The average molecular weight is 921 g/mol. The molecule has 342 valence electrons. The summed E-state index contributed by atoms with van der Waals surface area (Å²) in [5.41, 5.74) is 28.2. The molecule has 11 aromatic carbocycles. The lowest BCUT2D eigenvalue weighted by Crippen LogP contribution is -2.19. The van der Waals surface area contributed by atoms with Gasteiger partial charge in [-0.25, -0.2) is 0 Å². The van der Waals surface area contributed by atoms with Crippen molar-refractivity contribution >= 4 is 55.7 Å². The summed E-state index contributed by atoms with van der Waals surface area (Å²) in [5.74, 6) is 0. The highest BCUT2D eigenvalue weighted by Gasteiger charge is 2.41. The summed E-state index contributed by atoms with van der Waals surface area (Å²) < 4.78 is 0. The number of hydrogen-bond donors (Lipinski definition) is 0. The van der Waals surface area contributed by atoms with Crippen molar-refractivity contribution in [1.82, 2.24) is 0 Å². The Morgan fingerprint density at radius 3 is 1.00 bits per heavy atom. The van der Waals surface area contributed by atoms with Crippen molar-refractivity contribution in [2.45, 2.75) is 51.4 Å². The zero-order chi connectivity index (χ0) is 48.0. The minimum atomic E-state index is -0.237. The standard InChI is InChI=1S/C70H52N2/c1-69(2)59-29-11-9-23-49(59)53-25-17-27-55(67(53)69)65-51-37-35-48(72-63-33-15-7-21-45(63)40-46-22-8-16-34-64(46)72)42-58(51)66(56-28-18-26-54-50-24-10-12-30-60(50)70(3,4)68(54)56)52-38-36-47(41-57(52)65)71-61-31-13-5-19-43(61)39-44-20-6-14-32-62(44)71/h5-38,41-42H,39-40H2,1-4H3. The molecular weight excluding hydrogens is 869 g/mol. The smallest absolute Gasteiger partial charge is 0.0497 e. The summed E-state index contributed by atoms with van der Waals surface area (Å²) in [6.45, 7) is 9.74. The number of anilines is 6. The molecule has 72 heavy (non-hydrogen) atoms. The van der Waals surface area contributed by atoms with E-state index in [9.17, 15) is 0 Å². The largest absolute Gasteiger partial charge is 0.310 e. The van der Waals surface area contributed by atoms with E-state index in [0.717, 1.165) is 24.2 Å². The number of para-hydroxylation sites is 4. The molecule has 0 amide bonds. The molecule has 0 fully saturated rings. The second-order valence-corrected chi connectivity index (χ2v) is 21.5. The third-order valence-electron chi connectivity index (χ3n) is 17.0. The number of nitrogens with zero attached hydrogens (tertiary/aromatic N) is 2. The predicted molar refractivity (Wildman–Crippen MR) is 302 cm³/mol. The molecule has 2 nitrogen and oxygen atoms in total. The minimum Gasteiger partial charge on any atom is -0.310 e. The van der Waals surface area contributed by atoms with Gasteiger partial charge in [0.2, 0.25) is 0 Å². The van der Waals surface area contributed by atoms with E-state index in [1.54, 1.807) is 0 Å². The maximum Gasteiger partial charge on any atom is 0.0497 e. The summed E-state index contributed by atoms with van der Waals surface area (Å²) in [4.78, 5) is 5.04. The Hall–Kier alpha value is -8.46. The maximum atomic E-state index is 2.54. The lowest BCUT2D eigenvalue weighted by Gasteiger charge is -2.35. The van der Waals surface area contributed by atoms with E-state index in [-0.39, 0.29) is 10.8 Å². The molecule has 15 rings (SSSR count). The molecule has 0 radical (unpaired) electrons. The van der Waals surface area contributed by atoms with Crippen molar-refractivity contribution in [3.05, 3.63) is 263 Å². The van der Waals surface area contributed by atoms with Crippen LogP contribution in [0.5, 0.6) is 0 Å². The lowest BCUT2D eigenvalue weighted by molar-refractivity contribution is 0.662. The number of hydrogen-bond acceptors (Lipinski definition) is 2. The van der Waals surface area contributed by atoms with Crippen LogP contribution in [0.2, 0.25) is 0 Å². The zero-order valence-corrected chi connectivity index (χ0v) is 41.1. The van der Waals surface area contributed by atoms with Crippen molar-refractivity contribution in [3.63, 3.8) is 0 Å². The van der Waals surface area contributed by atoms with Crippen LogP contribution in [-0.2, 0) is 23.7 Å². The summed E-state index contributed by atoms with van der Waals surface area (Å²) in [6.07, 6.45) is 1.82. The van der Waals surface area contributed by atoms with Crippen molar-refractivity contribution in [3.8, 4) is 44.5 Å². The fourth-order valence-electron chi connectivity index (χ4n) is 13.9. The van der Waals surface area contributed by atoms with Crippen LogP contribution in [0.4, 0.5) is 34.1 Å². The molecule has 0 N–H and O–H groups in total. The molecular formula is C70H52N2. The first-order chi connectivity index (χ1) is 35.3. The van der Waals surface area contributed by atoms with Gasteiger partial charge in [-0.1, -0.05) is 198 Å². The van der Waals surface area contributed by atoms with Gasteiger partial charge in [0.1, 0.15) is 0 Å². The average Bonchev–Trinajstić information content (AvgIpc) is 3.80. The topological polar surface area (TPSA) is 6.48 Å². The molecule has 2 heteroatoms. The van der Waals surface area contributed by atoms with Crippen LogP contribution < -0.4 is 9.80 Å². The van der Waals surface area contributed by atoms with E-state index in [1.807, 2.05) is 0 Å². The fourth-order valence-corrected chi connectivity index (χ4v) is 13.9. The zero-order valence-electron chi connectivity index (χ0n) is 41.1. The Labute approximate surface area is 422 Å². The molecule has 0 saturated heterocycles. The van der Waals surface area contributed by atoms with Gasteiger partial charge >= 0.3 is 0 Å². The molecule has 4 aliphatic rings. The van der Waals surface area contributed by atoms with Gasteiger partial charge in [-0.15, -0.1) is 0 Å². The Balaban J connectivity index is 1.10. The predicted octanol–water partition coefficient (Wildman–Crippen LogP) is 18.7. The first-order valence-corrected chi connectivity index (χ1v) is 25.7. The molecule has 0 aromatic heterocycles. The normalized spacial score (nSPS) is 15.0. The monoisotopic (exact) mass is 920 g/mol. The molecule has 0 spiro atoms. The third kappa shape index (κ3) is 5.66. The first-order valence-electron chi connectivity index (χ1n) is 25.7. The summed E-state index contributed by atoms with van der Waals surface area (Å²) in [6, 6.07) is 83.1. The van der Waals surface area contributed by atoms with Crippen LogP contribution in [0.1, 0.15) is 72.2 Å². The Kier molecular flexibility index (Phi) is 8.63. The van der Waals surface area contributed by atoms with Crippen LogP contribution in [-0.4, -0.2) is 0 Å². The van der Waals surface area contributed by atoms with Gasteiger partial charge in [-0.3, -0.25) is 0 Å². The van der Waals surface area contributed by atoms with Crippen LogP contribution in [0.3, 0.4) is 0 Å². The number of benzene rings is 11. The highest BCUT2D eigenvalue weighted by molar-refractivity contribution is 6.24. The number of rotatable bonds is 4. The molecule has 2 aliphatic heterocycles. The van der Waals surface area contributed by atoms with Crippen LogP contribution in [0.15, 0.2) is 218 Å². The molecule has 0 saturated carbocycles. The van der Waals surface area contributed by atoms with Crippen LogP contribution in [0, 0.1) is 0 Å². The lowest BCUT2D eigenvalue weighted by atomic mass is 9.75. The molecule has 0 unspecified atom stereocenters. The second kappa shape index (κ2) is 15.0. The van der Waals surface area contributed by atoms with E-state index in [0.29, 0.717) is 0 Å². The maximum absolute atomic E-state index is 2.54. The Morgan fingerprint density at radius 2 is 0.611 bits per heavy atom. The van der Waals surface area contributed by atoms with Gasteiger partial charge < -0.3 is 9.80 Å². The van der Waals surface area contributed by atoms with E-state index < -0.39 is 0 Å². The summed E-state index contributed by atoms with van der Waals surface area (Å²) in [5, 5.41) is 5.01. The first kappa shape index (κ1) is 41.3. The van der Waals surface area contributed by atoms with Crippen molar-refractivity contribution in [2.75, 3.05) is 9.80 Å². The highest BCUT2D eigenvalue weighted by Crippen LogP contribution is 2.59. The SMILES string of the molecule is CC1(C)c2ccccc2-c2cccc(-c3c4ccc(N5c6ccccc6Cc6ccccc65)cc4c(-c4cccc5c4C(C)(C)c4ccccc4-5)c4ccc(N5c6ccccc6Cc6ccccc65)cc34)c21. The molecule has 11 aromatic rings. The van der Waals surface area contributed by atoms with Crippen LogP contribution >= 0.6 is 0 Å². The Morgan fingerprint density at radius 1 is 0.292 bits per heavy atom. The van der Waals surface area contributed by atoms with E-state index in [2.05, 4.69) is 256 Å². The summed E-state index contributed by atoms with van der Waals surface area (Å²) in [7, 11) is 0. The molecule has 2 heterocycles. The quantitative estimate of drug-likeness (QED) is 0.162. The molecule has 2 aliphatic carbocycles. The second-order valence-electron chi connectivity index (χ2n) is 21.5. The van der Waals surface area contributed by atoms with Crippen LogP contribution in [0.25, 0.3) is 66.1 Å². The van der Waals surface area contributed by atoms with E-state index in [4.69, 9.17) is 0 Å². The molecule has 0 bridgehead atoms. The van der Waals surface area contributed by atoms with E-state index in [1.165, 1.54) is 133 Å². The van der Waals surface area contributed by atoms with Gasteiger partial charge in [0.05, 0.1) is 0 Å². The van der Waals surface area contributed by atoms with Gasteiger partial charge in [0.25, 0.3) is 0 Å². The van der Waals surface area contributed by atoms with Crippen molar-refractivity contribution < 1.29 is 0 Å². The van der Waals surface area contributed by atoms with E-state index >= 15 is 0 Å². The molecule has 0 atom stereocenters. The van der Waals surface area contributed by atoms with Gasteiger partial charge in [-0.05, 0) is 159 Å². The Bertz CT molecular complexity index is 3770.